The minimum Gasteiger partial charge on any atom is -0.459 e. The predicted molar refractivity (Wildman–Crippen MR) is 122 cm³/mol. The monoisotopic (exact) mass is 472 g/mol. The number of esters is 1. The molecule has 2 saturated carbocycles. The standard InChI is InChI=1S/C27H36O7/c1-12-13(2)25(32)34-23(12)24(31)27(4,33)22-19(29)10-16-15-9-8-14-6-5-7-20(30)26(14,3)17(15)11-18(28)21(16)22/h5,7-8,12-13,15-17,19,21-24,29,31,33H,6,9-11H2,1-4H3/t12-,13-,15+,16+,17+,19+,21-,22+,23?,24-,26+,27-/m1/s1. The van der Waals surface area contributed by atoms with Crippen LogP contribution in [0.2, 0.25) is 0 Å². The van der Waals surface area contributed by atoms with Crippen molar-refractivity contribution < 1.29 is 34.4 Å². The van der Waals surface area contributed by atoms with E-state index in [1.807, 2.05) is 13.0 Å². The van der Waals surface area contributed by atoms with Gasteiger partial charge in [0.1, 0.15) is 18.0 Å². The van der Waals surface area contributed by atoms with Crippen LogP contribution in [0.3, 0.4) is 0 Å². The summed E-state index contributed by atoms with van der Waals surface area (Å²) in [5.74, 6) is -2.90. The fourth-order valence-corrected chi connectivity index (χ4v) is 8.05. The third kappa shape index (κ3) is 3.09. The first kappa shape index (κ1) is 23.9. The van der Waals surface area contributed by atoms with Gasteiger partial charge in [-0.1, -0.05) is 31.6 Å². The van der Waals surface area contributed by atoms with Crippen molar-refractivity contribution in [3.05, 3.63) is 23.8 Å². The van der Waals surface area contributed by atoms with Crippen LogP contribution in [0.15, 0.2) is 23.8 Å². The number of fused-ring (bicyclic) bond motifs is 5. The van der Waals surface area contributed by atoms with Gasteiger partial charge in [0.2, 0.25) is 0 Å². The SMILES string of the molecule is C[C@H]1C(=O)OC([C@@H](O)[C@](C)(O)[C@@H]2[C@H]3C(=O)C[C@H]4[C@@H](CC=C5CC=CC(=O)[C@@]54C)[C@@H]3C[C@@H]2O)[C@@H]1C. The lowest BCUT2D eigenvalue weighted by Gasteiger charge is -2.52. The van der Waals surface area contributed by atoms with Crippen molar-refractivity contribution in [1.29, 1.82) is 0 Å². The van der Waals surface area contributed by atoms with E-state index in [4.69, 9.17) is 4.74 Å². The molecule has 7 heteroatoms. The summed E-state index contributed by atoms with van der Waals surface area (Å²) in [4.78, 5) is 38.7. The molecule has 186 valence electrons. The van der Waals surface area contributed by atoms with Gasteiger partial charge in [0.15, 0.2) is 5.78 Å². The highest BCUT2D eigenvalue weighted by Gasteiger charge is 2.65. The number of aliphatic hydroxyl groups excluding tert-OH is 2. The van der Waals surface area contributed by atoms with E-state index in [2.05, 4.69) is 6.08 Å². The fourth-order valence-electron chi connectivity index (χ4n) is 8.05. The summed E-state index contributed by atoms with van der Waals surface area (Å²) in [6, 6.07) is 0. The van der Waals surface area contributed by atoms with E-state index in [1.54, 1.807) is 19.9 Å². The van der Waals surface area contributed by atoms with Crippen LogP contribution in [0, 0.1) is 46.8 Å². The van der Waals surface area contributed by atoms with Gasteiger partial charge in [-0.2, -0.15) is 0 Å². The van der Waals surface area contributed by atoms with Crippen molar-refractivity contribution in [2.24, 2.45) is 46.8 Å². The minimum absolute atomic E-state index is 0.0367. The van der Waals surface area contributed by atoms with Crippen molar-refractivity contribution in [3.63, 3.8) is 0 Å². The molecule has 0 bridgehead atoms. The minimum atomic E-state index is -1.83. The average molecular weight is 473 g/mol. The number of hydrogen-bond donors (Lipinski definition) is 3. The number of ether oxygens (including phenoxy) is 1. The predicted octanol–water partition coefficient (Wildman–Crippen LogP) is 1.98. The molecule has 12 atom stereocenters. The molecule has 0 aromatic heterocycles. The molecule has 1 heterocycles. The lowest BCUT2D eigenvalue weighted by molar-refractivity contribution is -0.185. The van der Waals surface area contributed by atoms with Gasteiger partial charge >= 0.3 is 5.97 Å². The molecule has 0 aromatic carbocycles. The van der Waals surface area contributed by atoms with Crippen LogP contribution in [0.4, 0.5) is 0 Å². The van der Waals surface area contributed by atoms with Gasteiger partial charge in [0.25, 0.3) is 0 Å². The highest BCUT2D eigenvalue weighted by molar-refractivity contribution is 5.99. The molecule has 3 N–H and O–H groups in total. The Morgan fingerprint density at radius 3 is 2.56 bits per heavy atom. The van der Waals surface area contributed by atoms with Gasteiger partial charge in [-0.3, -0.25) is 14.4 Å². The molecule has 0 radical (unpaired) electrons. The number of aliphatic hydroxyl groups is 3. The first-order valence-electron chi connectivity index (χ1n) is 12.6. The summed E-state index contributed by atoms with van der Waals surface area (Å²) in [5.41, 5.74) is -1.45. The van der Waals surface area contributed by atoms with Crippen LogP contribution < -0.4 is 0 Å². The molecule has 1 aliphatic heterocycles. The van der Waals surface area contributed by atoms with Gasteiger partial charge in [-0.15, -0.1) is 0 Å². The van der Waals surface area contributed by atoms with Crippen molar-refractivity contribution in [2.75, 3.05) is 0 Å². The first-order valence-corrected chi connectivity index (χ1v) is 12.6. The van der Waals surface area contributed by atoms with Crippen LogP contribution >= 0.6 is 0 Å². The van der Waals surface area contributed by atoms with Gasteiger partial charge in [-0.25, -0.2) is 0 Å². The molecule has 1 unspecified atom stereocenters. The number of rotatable bonds is 3. The van der Waals surface area contributed by atoms with Crippen LogP contribution in [0.5, 0.6) is 0 Å². The molecule has 34 heavy (non-hydrogen) atoms. The van der Waals surface area contributed by atoms with E-state index in [9.17, 15) is 29.7 Å². The molecule has 4 aliphatic carbocycles. The lowest BCUT2D eigenvalue weighted by atomic mass is 9.50. The number of ketones is 2. The highest BCUT2D eigenvalue weighted by Crippen LogP contribution is 2.61. The van der Waals surface area contributed by atoms with Crippen LogP contribution in [-0.2, 0) is 19.1 Å². The second kappa shape index (κ2) is 7.84. The van der Waals surface area contributed by atoms with E-state index in [0.29, 0.717) is 6.42 Å². The number of cyclic esters (lactones) is 1. The summed E-state index contributed by atoms with van der Waals surface area (Å²) in [6.07, 6.45) is 4.37. The summed E-state index contributed by atoms with van der Waals surface area (Å²) in [5, 5.41) is 33.9. The Morgan fingerprint density at radius 2 is 1.91 bits per heavy atom. The number of Topliss-reactive ketones (excluding diaryl/α,β-unsaturated/α-hetero) is 1. The summed E-state index contributed by atoms with van der Waals surface area (Å²) in [6.45, 7) is 6.93. The number of allylic oxidation sites excluding steroid dienone is 4. The second-order valence-electron chi connectivity index (χ2n) is 11.8. The van der Waals surface area contributed by atoms with Crippen LogP contribution in [0.1, 0.15) is 53.4 Å². The van der Waals surface area contributed by atoms with E-state index in [1.165, 1.54) is 6.92 Å². The van der Waals surface area contributed by atoms with E-state index >= 15 is 0 Å². The molecule has 0 amide bonds. The van der Waals surface area contributed by atoms with Gasteiger partial charge < -0.3 is 20.1 Å². The zero-order valence-electron chi connectivity index (χ0n) is 20.3. The maximum atomic E-state index is 13.6. The number of carbonyl (C=O) groups excluding carboxylic acids is 3. The van der Waals surface area contributed by atoms with Gasteiger partial charge in [0, 0.05) is 24.2 Å². The molecule has 0 spiro atoms. The van der Waals surface area contributed by atoms with E-state index < -0.39 is 53.1 Å². The van der Waals surface area contributed by atoms with Gasteiger partial charge in [0.05, 0.1) is 23.0 Å². The molecule has 7 nitrogen and oxygen atoms in total. The number of carbonyl (C=O) groups is 3. The Hall–Kier alpha value is -1.83. The lowest BCUT2D eigenvalue weighted by Crippen LogP contribution is -2.59. The molecule has 0 aromatic rings. The van der Waals surface area contributed by atoms with Crippen molar-refractivity contribution >= 4 is 17.5 Å². The Kier molecular flexibility index (Phi) is 5.51. The molecular formula is C27H36O7. The third-order valence-electron chi connectivity index (χ3n) is 10.3. The van der Waals surface area contributed by atoms with Crippen molar-refractivity contribution in [1.82, 2.24) is 0 Å². The normalized spacial score (nSPS) is 48.4. The number of hydrogen-bond acceptors (Lipinski definition) is 7. The molecule has 5 aliphatic rings. The fraction of sp³-hybridized carbons (Fsp3) is 0.741. The maximum Gasteiger partial charge on any atom is 0.309 e. The summed E-state index contributed by atoms with van der Waals surface area (Å²) < 4.78 is 5.39. The zero-order chi connectivity index (χ0) is 24.7. The molecule has 1 saturated heterocycles. The van der Waals surface area contributed by atoms with Crippen molar-refractivity contribution in [2.45, 2.75) is 77.3 Å². The Morgan fingerprint density at radius 1 is 1.21 bits per heavy atom. The maximum absolute atomic E-state index is 13.6. The van der Waals surface area contributed by atoms with Gasteiger partial charge in [-0.05, 0) is 56.9 Å². The zero-order valence-corrected chi connectivity index (χ0v) is 20.3. The van der Waals surface area contributed by atoms with Crippen LogP contribution in [0.25, 0.3) is 0 Å². The quantitative estimate of drug-likeness (QED) is 0.424. The highest BCUT2D eigenvalue weighted by atomic mass is 16.6. The third-order valence-corrected chi connectivity index (χ3v) is 10.3. The van der Waals surface area contributed by atoms with Crippen molar-refractivity contribution in [3.8, 4) is 0 Å². The Labute approximate surface area is 200 Å². The smallest absolute Gasteiger partial charge is 0.309 e. The first-order chi connectivity index (χ1) is 15.9. The topological polar surface area (TPSA) is 121 Å². The summed E-state index contributed by atoms with van der Waals surface area (Å²) >= 11 is 0. The van der Waals surface area contributed by atoms with E-state index in [0.717, 1.165) is 18.4 Å². The largest absolute Gasteiger partial charge is 0.459 e. The molecule has 5 rings (SSSR count). The summed E-state index contributed by atoms with van der Waals surface area (Å²) in [7, 11) is 0. The van der Waals surface area contributed by atoms with Crippen LogP contribution in [-0.4, -0.2) is 56.8 Å². The Bertz CT molecular complexity index is 979. The molecule has 3 fully saturated rings. The molecular weight excluding hydrogens is 436 g/mol. The second-order valence-corrected chi connectivity index (χ2v) is 11.8. The average Bonchev–Trinajstić information content (AvgIpc) is 3.27. The Balaban J connectivity index is 1.46. The van der Waals surface area contributed by atoms with E-state index in [-0.39, 0.29) is 41.7 Å².